The molecule has 2 aromatic rings. The van der Waals surface area contributed by atoms with E-state index in [9.17, 15) is 18.1 Å². The number of hydrogen-bond acceptors (Lipinski definition) is 5. The third-order valence-electron chi connectivity index (χ3n) is 1.96. The van der Waals surface area contributed by atoms with Gasteiger partial charge in [0.2, 0.25) is 0 Å². The Bertz CT molecular complexity index is 634. The molecule has 1 heterocycles. The smallest absolute Gasteiger partial charge is 0.871 e. The minimum atomic E-state index is -4.58. The molecule has 1 aromatic carbocycles. The van der Waals surface area contributed by atoms with Crippen molar-refractivity contribution in [2.75, 3.05) is 0 Å². The summed E-state index contributed by atoms with van der Waals surface area (Å²) in [6.07, 6.45) is 1.37. The Labute approximate surface area is 129 Å². The number of aromatic nitrogens is 1. The topological polar surface area (TPSA) is 257 Å². The maximum absolute atomic E-state index is 11.3. The van der Waals surface area contributed by atoms with E-state index in [1.54, 1.807) is 0 Å². The first-order valence-corrected chi connectivity index (χ1v) is 5.41. The van der Waals surface area contributed by atoms with Crippen LogP contribution in [-0.4, -0.2) is 23.4 Å². The van der Waals surface area contributed by atoms with Gasteiger partial charge in [-0.05, 0) is 12.1 Å². The van der Waals surface area contributed by atoms with Crippen LogP contribution in [0.15, 0.2) is 35.4 Å². The summed E-state index contributed by atoms with van der Waals surface area (Å²) in [7, 11) is -4.58. The van der Waals surface area contributed by atoms with Gasteiger partial charge in [0.15, 0.2) is 0 Å². The molecule has 0 fully saturated rings. The van der Waals surface area contributed by atoms with Gasteiger partial charge in [0.05, 0.1) is 10.4 Å². The van der Waals surface area contributed by atoms with Crippen molar-refractivity contribution in [3.8, 4) is 5.75 Å². The van der Waals surface area contributed by atoms with E-state index in [-0.39, 0.29) is 54.8 Å². The van der Waals surface area contributed by atoms with E-state index in [2.05, 4.69) is 4.98 Å². The Balaban J connectivity index is -0.000000142. The van der Waals surface area contributed by atoms with Gasteiger partial charge in [0.1, 0.15) is 10.1 Å². The zero-order valence-corrected chi connectivity index (χ0v) is 12.3. The second-order valence-corrected chi connectivity index (χ2v) is 4.26. The van der Waals surface area contributed by atoms with Gasteiger partial charge in [-0.25, -0.2) is 8.42 Å². The molecule has 0 atom stereocenters. The number of benzene rings is 1. The molecular formula is C9H19NNiO9S+4. The average molecular weight is 376 g/mol. The molecule has 0 aliphatic heterocycles. The molecule has 0 unspecified atom stereocenters. The SMILES string of the molecule is O.O=S(=O)([O-])c1ccc([O-])c2ncccc12.[Ni+2].[OH3+].[OH3+].[OH3+].[OH3+]. The van der Waals surface area contributed by atoms with E-state index in [1.807, 2.05) is 0 Å². The largest absolute Gasteiger partial charge is 2.00 e. The molecule has 0 saturated carbocycles. The van der Waals surface area contributed by atoms with Crippen LogP contribution in [0.25, 0.3) is 10.9 Å². The summed E-state index contributed by atoms with van der Waals surface area (Å²) >= 11 is 0. The van der Waals surface area contributed by atoms with Crippen LogP contribution < -0.4 is 5.11 Å². The Hall–Kier alpha value is -1.37. The zero-order chi connectivity index (χ0) is 11.1. The number of nitrogens with zero attached hydrogens (tertiary/aromatic N) is 1. The van der Waals surface area contributed by atoms with Gasteiger partial charge in [-0.15, -0.1) is 0 Å². The first kappa shape index (κ1) is 31.8. The van der Waals surface area contributed by atoms with E-state index in [4.69, 9.17) is 0 Å². The van der Waals surface area contributed by atoms with Crippen LogP contribution in [0.4, 0.5) is 0 Å². The Morgan fingerprint density at radius 1 is 1.00 bits per heavy atom. The van der Waals surface area contributed by atoms with Crippen LogP contribution in [0.5, 0.6) is 5.75 Å². The number of hydrogen-bond donors (Lipinski definition) is 0. The second kappa shape index (κ2) is 11.3. The van der Waals surface area contributed by atoms with Crippen molar-refractivity contribution < 1.29 is 61.9 Å². The molecule has 0 aliphatic carbocycles. The molecule has 126 valence electrons. The van der Waals surface area contributed by atoms with Gasteiger partial charge in [-0.2, -0.15) is 0 Å². The summed E-state index contributed by atoms with van der Waals surface area (Å²) in [5.41, 5.74) is -0.00516. The molecular weight excluding hydrogens is 357 g/mol. The predicted molar refractivity (Wildman–Crippen MR) is 72.3 cm³/mol. The second-order valence-electron chi connectivity index (χ2n) is 2.92. The van der Waals surface area contributed by atoms with Gasteiger partial charge < -0.3 is 37.0 Å². The van der Waals surface area contributed by atoms with E-state index in [1.165, 1.54) is 18.3 Å². The fourth-order valence-electron chi connectivity index (χ4n) is 1.34. The number of fused-ring (bicyclic) bond motifs is 1. The molecule has 0 radical (unpaired) electrons. The summed E-state index contributed by atoms with van der Waals surface area (Å²) in [5, 5.41) is 11.4. The number of rotatable bonds is 1. The zero-order valence-electron chi connectivity index (χ0n) is 10.5. The van der Waals surface area contributed by atoms with Crippen molar-refractivity contribution in [3.05, 3.63) is 30.5 Å². The molecule has 10 nitrogen and oxygen atoms in total. The Kier molecular flexibility index (Phi) is 17.1. The van der Waals surface area contributed by atoms with Crippen LogP contribution in [0, 0.1) is 0 Å². The maximum Gasteiger partial charge on any atom is 2.00 e. The molecule has 12 heteroatoms. The molecule has 0 amide bonds. The fourth-order valence-corrected chi connectivity index (χ4v) is 2.01. The van der Waals surface area contributed by atoms with Crippen molar-refractivity contribution in [3.63, 3.8) is 0 Å². The third kappa shape index (κ3) is 6.29. The first-order valence-electron chi connectivity index (χ1n) is 4.01. The summed E-state index contributed by atoms with van der Waals surface area (Å²) in [4.78, 5) is 3.33. The minimum absolute atomic E-state index is 0. The average Bonchev–Trinajstić information content (AvgIpc) is 2.17. The monoisotopic (exact) mass is 375 g/mol. The molecule has 0 bridgehead atoms. The molecule has 14 N–H and O–H groups in total. The van der Waals surface area contributed by atoms with Gasteiger partial charge >= 0.3 is 16.5 Å². The minimum Gasteiger partial charge on any atom is -0.871 e. The third-order valence-corrected chi connectivity index (χ3v) is 2.86. The summed E-state index contributed by atoms with van der Waals surface area (Å²) in [6, 6.07) is 4.89. The van der Waals surface area contributed by atoms with E-state index in [0.29, 0.717) is 0 Å². The van der Waals surface area contributed by atoms with Crippen LogP contribution in [0.3, 0.4) is 0 Å². The molecule has 0 saturated heterocycles. The summed E-state index contributed by atoms with van der Waals surface area (Å²) in [5.74, 6) is -0.405. The van der Waals surface area contributed by atoms with Crippen LogP contribution in [0.1, 0.15) is 0 Å². The molecule has 1 aromatic heterocycles. The normalized spacial score (nSPS) is 8.43. The van der Waals surface area contributed by atoms with E-state index in [0.717, 1.165) is 12.1 Å². The van der Waals surface area contributed by atoms with E-state index >= 15 is 0 Å². The van der Waals surface area contributed by atoms with Crippen LogP contribution in [0.2, 0.25) is 0 Å². The van der Waals surface area contributed by atoms with Crippen molar-refractivity contribution in [2.24, 2.45) is 0 Å². The Morgan fingerprint density at radius 3 is 2.00 bits per heavy atom. The maximum atomic E-state index is 11.3. The number of pyridine rings is 1. The van der Waals surface area contributed by atoms with Crippen molar-refractivity contribution in [2.45, 2.75) is 4.90 Å². The van der Waals surface area contributed by atoms with Gasteiger partial charge in [0.25, 0.3) is 0 Å². The molecule has 0 aliphatic rings. The van der Waals surface area contributed by atoms with Crippen LogP contribution in [-0.2, 0) is 48.5 Å². The fraction of sp³-hybridized carbons (Fsp3) is 0. The quantitative estimate of drug-likeness (QED) is 0.271. The van der Waals surface area contributed by atoms with Crippen molar-refractivity contribution in [1.29, 1.82) is 0 Å². The molecule has 2 rings (SSSR count). The standard InChI is InChI=1S/C9H7NO4S.Ni.5H2O/c11-7-3-4-8(15(12,13)14)6-2-1-5-10-9(6)7;;;;;;/h1-5,11H,(H,12,13,14);;5*1H2/q;+2;;;;;/p+2. The van der Waals surface area contributed by atoms with Gasteiger partial charge in [-0.3, -0.25) is 4.98 Å². The van der Waals surface area contributed by atoms with Crippen molar-refractivity contribution >= 4 is 21.0 Å². The van der Waals surface area contributed by atoms with Gasteiger partial charge in [0, 0.05) is 11.6 Å². The predicted octanol–water partition coefficient (Wildman–Crippen LogP) is -4.30. The summed E-state index contributed by atoms with van der Waals surface area (Å²) < 4.78 is 32.6. The first-order chi connectivity index (χ1) is 7.00. The molecule has 0 spiro atoms. The van der Waals surface area contributed by atoms with Gasteiger partial charge in [-0.1, -0.05) is 17.9 Å². The van der Waals surface area contributed by atoms with Crippen molar-refractivity contribution in [1.82, 2.24) is 4.98 Å². The van der Waals surface area contributed by atoms with E-state index < -0.39 is 20.8 Å². The Morgan fingerprint density at radius 2 is 1.52 bits per heavy atom. The summed E-state index contributed by atoms with van der Waals surface area (Å²) in [6.45, 7) is 0. The molecule has 21 heavy (non-hydrogen) atoms. The van der Waals surface area contributed by atoms with Crippen LogP contribution >= 0.6 is 0 Å².